The number of aromatic nitrogens is 1. The summed E-state index contributed by atoms with van der Waals surface area (Å²) in [6.07, 6.45) is 1.16. The second kappa shape index (κ2) is 8.27. The van der Waals surface area contributed by atoms with Gasteiger partial charge < -0.3 is 10.1 Å². The number of carbonyl (C=O) groups excluding carboxylic acids is 1. The Balaban J connectivity index is 1.79. The number of amides is 1. The molecule has 1 N–H and O–H groups in total. The van der Waals surface area contributed by atoms with E-state index in [-0.39, 0.29) is 5.91 Å². The van der Waals surface area contributed by atoms with Crippen molar-refractivity contribution < 1.29 is 9.53 Å². The van der Waals surface area contributed by atoms with Crippen molar-refractivity contribution in [1.29, 1.82) is 0 Å². The van der Waals surface area contributed by atoms with E-state index in [2.05, 4.69) is 10.3 Å². The maximum absolute atomic E-state index is 12.0. The average molecular weight is 339 g/mol. The van der Waals surface area contributed by atoms with E-state index in [1.165, 1.54) is 11.3 Å². The fraction of sp³-hybridized carbons (Fsp3) is 0.375. The third kappa shape index (κ3) is 5.09. The molecule has 0 saturated heterocycles. The fourth-order valence-electron chi connectivity index (χ4n) is 2.04. The highest BCUT2D eigenvalue weighted by Crippen LogP contribution is 2.19. The van der Waals surface area contributed by atoms with Crippen LogP contribution in [0.5, 0.6) is 0 Å². The molecule has 1 aromatic carbocycles. The highest BCUT2D eigenvalue weighted by Gasteiger charge is 2.11. The number of benzene rings is 1. The zero-order valence-electron chi connectivity index (χ0n) is 12.7. The zero-order chi connectivity index (χ0) is 15.9. The second-order valence-electron chi connectivity index (χ2n) is 4.95. The van der Waals surface area contributed by atoms with E-state index in [9.17, 15) is 4.79 Å². The summed E-state index contributed by atoms with van der Waals surface area (Å²) in [5.41, 5.74) is 2.06. The first-order valence-corrected chi connectivity index (χ1v) is 8.23. The number of hydrogen-bond acceptors (Lipinski definition) is 4. The first kappa shape index (κ1) is 16.9. The van der Waals surface area contributed by atoms with E-state index in [0.717, 1.165) is 32.6 Å². The number of carbonyl (C=O) groups is 1. The zero-order valence-corrected chi connectivity index (χ0v) is 14.3. The fourth-order valence-corrected chi connectivity index (χ4v) is 3.21. The first-order valence-electron chi connectivity index (χ1n) is 7.03. The molecular formula is C16H19ClN2O2S. The summed E-state index contributed by atoms with van der Waals surface area (Å²) in [4.78, 5) is 17.4. The van der Waals surface area contributed by atoms with Crippen LogP contribution in [0.3, 0.4) is 0 Å². The summed E-state index contributed by atoms with van der Waals surface area (Å²) < 4.78 is 5.06. The Bertz CT molecular complexity index is 626. The third-order valence-corrected chi connectivity index (χ3v) is 4.56. The molecule has 1 heterocycles. The Morgan fingerprint density at radius 3 is 2.77 bits per heavy atom. The number of rotatable bonds is 7. The van der Waals surface area contributed by atoms with Crippen molar-refractivity contribution in [1.82, 2.24) is 10.3 Å². The topological polar surface area (TPSA) is 51.2 Å². The first-order chi connectivity index (χ1) is 10.6. The van der Waals surface area contributed by atoms with Gasteiger partial charge in [0.1, 0.15) is 5.01 Å². The normalized spacial score (nSPS) is 10.7. The maximum Gasteiger partial charge on any atom is 0.225 e. The lowest BCUT2D eigenvalue weighted by molar-refractivity contribution is -0.120. The van der Waals surface area contributed by atoms with Crippen molar-refractivity contribution in [2.45, 2.75) is 26.4 Å². The van der Waals surface area contributed by atoms with Gasteiger partial charge in [0, 0.05) is 23.6 Å². The van der Waals surface area contributed by atoms with E-state index in [4.69, 9.17) is 16.3 Å². The largest absolute Gasteiger partial charge is 0.378 e. The van der Waals surface area contributed by atoms with Gasteiger partial charge >= 0.3 is 0 Å². The predicted molar refractivity (Wildman–Crippen MR) is 89.4 cm³/mol. The number of nitrogens with one attached hydrogen (secondary N) is 1. The van der Waals surface area contributed by atoms with Crippen LogP contribution in [0.2, 0.25) is 5.02 Å². The summed E-state index contributed by atoms with van der Waals surface area (Å²) >= 11 is 7.37. The molecule has 0 radical (unpaired) electrons. The molecule has 0 fully saturated rings. The van der Waals surface area contributed by atoms with E-state index in [1.54, 1.807) is 7.11 Å². The van der Waals surface area contributed by atoms with Gasteiger partial charge in [-0.05, 0) is 31.0 Å². The number of ether oxygens (including phenoxy) is 1. The smallest absolute Gasteiger partial charge is 0.225 e. The van der Waals surface area contributed by atoms with Crippen molar-refractivity contribution in [2.75, 3.05) is 13.7 Å². The van der Waals surface area contributed by atoms with E-state index in [1.807, 2.05) is 31.2 Å². The molecule has 22 heavy (non-hydrogen) atoms. The van der Waals surface area contributed by atoms with Crippen LogP contribution in [0.15, 0.2) is 24.3 Å². The molecule has 0 saturated carbocycles. The molecule has 0 unspecified atom stereocenters. The standard InChI is InChI=1S/C16H19ClN2O2S/c1-11-14(22-16(19-11)10-21-2)9-15(20)18-8-7-12-3-5-13(17)6-4-12/h3-6H,7-10H2,1-2H3,(H,18,20). The van der Waals surface area contributed by atoms with Crippen LogP contribution in [-0.2, 0) is 29.0 Å². The summed E-state index contributed by atoms with van der Waals surface area (Å²) in [6.45, 7) is 3.03. The van der Waals surface area contributed by atoms with Crippen LogP contribution in [0, 0.1) is 6.92 Å². The highest BCUT2D eigenvalue weighted by atomic mass is 35.5. The van der Waals surface area contributed by atoms with Crippen molar-refractivity contribution in [3.63, 3.8) is 0 Å². The SMILES string of the molecule is COCc1nc(C)c(CC(=O)NCCc2ccc(Cl)cc2)s1. The van der Waals surface area contributed by atoms with Crippen molar-refractivity contribution >= 4 is 28.8 Å². The van der Waals surface area contributed by atoms with Gasteiger partial charge in [0.2, 0.25) is 5.91 Å². The molecule has 0 aliphatic rings. The number of aryl methyl sites for hydroxylation is 1. The minimum atomic E-state index is 0.0182. The summed E-state index contributed by atoms with van der Waals surface area (Å²) in [5, 5.41) is 4.57. The van der Waals surface area contributed by atoms with Crippen LogP contribution in [0.4, 0.5) is 0 Å². The van der Waals surface area contributed by atoms with Crippen molar-refractivity contribution in [3.05, 3.63) is 50.4 Å². The Morgan fingerprint density at radius 1 is 1.36 bits per heavy atom. The van der Waals surface area contributed by atoms with Crippen molar-refractivity contribution in [3.8, 4) is 0 Å². The number of halogens is 1. The van der Waals surface area contributed by atoms with Gasteiger partial charge in [0.15, 0.2) is 0 Å². The van der Waals surface area contributed by atoms with Gasteiger partial charge in [-0.15, -0.1) is 11.3 Å². The molecule has 2 aromatic rings. The number of thiazole rings is 1. The van der Waals surface area contributed by atoms with Crippen molar-refractivity contribution in [2.24, 2.45) is 0 Å². The lowest BCUT2D eigenvalue weighted by Gasteiger charge is -2.05. The van der Waals surface area contributed by atoms with Gasteiger partial charge in [0.05, 0.1) is 18.7 Å². The molecule has 1 aromatic heterocycles. The van der Waals surface area contributed by atoms with Crippen LogP contribution in [-0.4, -0.2) is 24.5 Å². The molecule has 0 atom stereocenters. The van der Waals surface area contributed by atoms with Crippen LogP contribution >= 0.6 is 22.9 Å². The number of hydrogen-bond donors (Lipinski definition) is 1. The lowest BCUT2D eigenvalue weighted by Crippen LogP contribution is -2.27. The summed E-state index contributed by atoms with van der Waals surface area (Å²) in [6, 6.07) is 7.66. The minimum absolute atomic E-state index is 0.0182. The quantitative estimate of drug-likeness (QED) is 0.843. The molecule has 4 nitrogen and oxygen atoms in total. The van der Waals surface area contributed by atoms with E-state index < -0.39 is 0 Å². The molecule has 6 heteroatoms. The monoisotopic (exact) mass is 338 g/mol. The Morgan fingerprint density at radius 2 is 2.09 bits per heavy atom. The summed E-state index contributed by atoms with van der Waals surface area (Å²) in [7, 11) is 1.64. The van der Waals surface area contributed by atoms with Gasteiger partial charge in [-0.2, -0.15) is 0 Å². The van der Waals surface area contributed by atoms with Gasteiger partial charge in [-0.3, -0.25) is 4.79 Å². The van der Waals surface area contributed by atoms with Crippen LogP contribution in [0.25, 0.3) is 0 Å². The minimum Gasteiger partial charge on any atom is -0.378 e. The molecule has 0 spiro atoms. The lowest BCUT2D eigenvalue weighted by atomic mass is 10.1. The molecule has 0 bridgehead atoms. The third-order valence-electron chi connectivity index (χ3n) is 3.17. The Hall–Kier alpha value is -1.43. The average Bonchev–Trinajstić information content (AvgIpc) is 2.81. The van der Waals surface area contributed by atoms with Gasteiger partial charge in [0.25, 0.3) is 0 Å². The van der Waals surface area contributed by atoms with E-state index in [0.29, 0.717) is 19.6 Å². The predicted octanol–water partition coefficient (Wildman–Crippen LogP) is 3.15. The van der Waals surface area contributed by atoms with Crippen LogP contribution in [0.1, 0.15) is 21.1 Å². The maximum atomic E-state index is 12.0. The molecular weight excluding hydrogens is 320 g/mol. The highest BCUT2D eigenvalue weighted by molar-refractivity contribution is 7.11. The molecule has 118 valence electrons. The van der Waals surface area contributed by atoms with Gasteiger partial charge in [-0.1, -0.05) is 23.7 Å². The Labute approximate surface area is 139 Å². The Kier molecular flexibility index (Phi) is 6.36. The van der Waals surface area contributed by atoms with Crippen LogP contribution < -0.4 is 5.32 Å². The molecule has 2 rings (SSSR count). The number of methoxy groups -OCH3 is 1. The second-order valence-corrected chi connectivity index (χ2v) is 6.56. The number of nitrogens with zero attached hydrogens (tertiary/aromatic N) is 1. The molecule has 0 aliphatic carbocycles. The molecule has 0 aliphatic heterocycles. The van der Waals surface area contributed by atoms with E-state index >= 15 is 0 Å². The molecule has 1 amide bonds. The van der Waals surface area contributed by atoms with Gasteiger partial charge in [-0.25, -0.2) is 4.98 Å². The summed E-state index contributed by atoms with van der Waals surface area (Å²) in [5.74, 6) is 0.0182.